The summed E-state index contributed by atoms with van der Waals surface area (Å²) in [5, 5.41) is 12.3. The van der Waals surface area contributed by atoms with Crippen LogP contribution in [0.4, 0.5) is 4.79 Å². The molecule has 2 heterocycles. The lowest BCUT2D eigenvalue weighted by Crippen LogP contribution is -2.69. The zero-order valence-corrected chi connectivity index (χ0v) is 23.2. The lowest BCUT2D eigenvalue weighted by atomic mass is 9.81. The summed E-state index contributed by atoms with van der Waals surface area (Å²) in [6.45, 7) is 8.76. The minimum Gasteiger partial charge on any atom is -0.444 e. The Balaban J connectivity index is 1.68. The van der Waals surface area contributed by atoms with Crippen molar-refractivity contribution < 1.29 is 24.2 Å². The fourth-order valence-corrected chi connectivity index (χ4v) is 5.71. The van der Waals surface area contributed by atoms with Crippen LogP contribution >= 0.6 is 0 Å². The van der Waals surface area contributed by atoms with E-state index < -0.39 is 18.2 Å². The number of fused-ring (bicyclic) bond motifs is 1. The molecule has 0 saturated carbocycles. The maximum Gasteiger partial charge on any atom is 0.410 e. The predicted octanol–water partition coefficient (Wildman–Crippen LogP) is 2.45. The smallest absolute Gasteiger partial charge is 0.410 e. The van der Waals surface area contributed by atoms with Gasteiger partial charge in [-0.15, -0.1) is 0 Å². The maximum atomic E-state index is 13.3. The summed E-state index contributed by atoms with van der Waals surface area (Å²) >= 11 is 0. The monoisotopic (exact) mass is 536 g/mol. The van der Waals surface area contributed by atoms with Crippen molar-refractivity contribution in [2.24, 2.45) is 0 Å². The van der Waals surface area contributed by atoms with Gasteiger partial charge in [0.25, 0.3) is 0 Å². The van der Waals surface area contributed by atoms with Crippen LogP contribution in [0.3, 0.4) is 0 Å². The molecular weight excluding hydrogens is 496 g/mol. The predicted molar refractivity (Wildman–Crippen MR) is 148 cm³/mol. The molecule has 2 fully saturated rings. The molecule has 210 valence electrons. The van der Waals surface area contributed by atoms with E-state index in [1.54, 1.807) is 9.80 Å². The molecule has 0 bridgehead atoms. The molecule has 2 N–H and O–H groups in total. The zero-order valence-electron chi connectivity index (χ0n) is 23.2. The number of hydrogen-bond acceptors (Lipinski definition) is 6. The number of rotatable bonds is 6. The largest absolute Gasteiger partial charge is 0.444 e. The zero-order chi connectivity index (χ0) is 28.2. The molecular formula is C30H40N4O5. The Kier molecular flexibility index (Phi) is 8.92. The molecule has 2 aliphatic rings. The standard InChI is InChI=1S/C30H40N4O5/c1-21(36)31-25(20-35)28(37)32-15-16-34-24(17-32)18-33(29(38)39-30(2,3)4)19-26(34)27(22-11-7-5-8-12-22)23-13-9-6-10-14-23/h5-14,24-27,35H,15-20H2,1-4H3,(H,31,36)/t24-,25?,26-/m0/s1. The van der Waals surface area contributed by atoms with Gasteiger partial charge in [-0.3, -0.25) is 14.5 Å². The molecule has 0 aliphatic carbocycles. The average Bonchev–Trinajstić information content (AvgIpc) is 2.91. The molecule has 2 saturated heterocycles. The Bertz CT molecular complexity index is 1100. The molecule has 1 unspecified atom stereocenters. The van der Waals surface area contributed by atoms with Crippen LogP contribution in [0.2, 0.25) is 0 Å². The van der Waals surface area contributed by atoms with Gasteiger partial charge in [0.05, 0.1) is 6.61 Å². The molecule has 3 atom stereocenters. The van der Waals surface area contributed by atoms with Crippen LogP contribution in [-0.4, -0.2) is 101 Å². The number of carbonyl (C=O) groups excluding carboxylic acids is 3. The molecule has 39 heavy (non-hydrogen) atoms. The van der Waals surface area contributed by atoms with E-state index in [2.05, 4.69) is 34.5 Å². The fraction of sp³-hybridized carbons (Fsp3) is 0.500. The second-order valence-corrected chi connectivity index (χ2v) is 11.4. The highest BCUT2D eigenvalue weighted by Gasteiger charge is 2.45. The van der Waals surface area contributed by atoms with Gasteiger partial charge in [-0.1, -0.05) is 60.7 Å². The van der Waals surface area contributed by atoms with Crippen molar-refractivity contribution in [2.75, 3.05) is 39.3 Å². The first-order valence-corrected chi connectivity index (χ1v) is 13.6. The van der Waals surface area contributed by atoms with Crippen LogP contribution in [0.15, 0.2) is 60.7 Å². The normalized spacial score (nSPS) is 20.8. The van der Waals surface area contributed by atoms with Crippen LogP contribution in [0.5, 0.6) is 0 Å². The number of nitrogens with one attached hydrogen (secondary N) is 1. The number of hydrogen-bond donors (Lipinski definition) is 2. The van der Waals surface area contributed by atoms with E-state index in [9.17, 15) is 19.5 Å². The van der Waals surface area contributed by atoms with E-state index in [1.807, 2.05) is 57.2 Å². The van der Waals surface area contributed by atoms with Gasteiger partial charge in [-0.2, -0.15) is 0 Å². The quantitative estimate of drug-likeness (QED) is 0.588. The van der Waals surface area contributed by atoms with Crippen molar-refractivity contribution in [3.8, 4) is 0 Å². The van der Waals surface area contributed by atoms with Crippen molar-refractivity contribution in [2.45, 2.75) is 57.3 Å². The summed E-state index contributed by atoms with van der Waals surface area (Å²) in [6.07, 6.45) is -0.373. The van der Waals surface area contributed by atoms with E-state index in [0.717, 1.165) is 11.1 Å². The third-order valence-corrected chi connectivity index (χ3v) is 7.32. The topological polar surface area (TPSA) is 102 Å². The van der Waals surface area contributed by atoms with Crippen molar-refractivity contribution in [1.29, 1.82) is 0 Å². The number of benzene rings is 2. The summed E-state index contributed by atoms with van der Waals surface area (Å²) in [5.74, 6) is -0.698. The van der Waals surface area contributed by atoms with Crippen molar-refractivity contribution in [1.82, 2.24) is 20.0 Å². The van der Waals surface area contributed by atoms with Gasteiger partial charge >= 0.3 is 6.09 Å². The third-order valence-electron chi connectivity index (χ3n) is 7.32. The van der Waals surface area contributed by atoms with Gasteiger partial charge in [-0.05, 0) is 31.9 Å². The molecule has 0 aromatic heterocycles. The molecule has 2 aromatic rings. The minimum atomic E-state index is -0.989. The van der Waals surface area contributed by atoms with Crippen molar-refractivity contribution >= 4 is 17.9 Å². The second kappa shape index (κ2) is 12.2. The molecule has 4 rings (SSSR count). The van der Waals surface area contributed by atoms with Gasteiger partial charge in [-0.25, -0.2) is 4.79 Å². The maximum absolute atomic E-state index is 13.3. The highest BCUT2D eigenvalue weighted by molar-refractivity contribution is 5.87. The molecule has 2 aliphatic heterocycles. The Morgan fingerprint density at radius 1 is 0.923 bits per heavy atom. The van der Waals surface area contributed by atoms with Gasteiger partial charge < -0.3 is 25.0 Å². The number of aliphatic hydroxyl groups is 1. The SMILES string of the molecule is CC(=O)NC(CO)C(=O)N1CCN2[C@H](CN(C(=O)OC(C)(C)C)C[C@H]2C(c2ccccc2)c2ccccc2)C1. The second-order valence-electron chi connectivity index (χ2n) is 11.4. The Morgan fingerprint density at radius 2 is 1.49 bits per heavy atom. The summed E-state index contributed by atoms with van der Waals surface area (Å²) in [6, 6.07) is 19.4. The van der Waals surface area contributed by atoms with Gasteiger partial charge in [0, 0.05) is 57.6 Å². The number of nitrogens with zero attached hydrogens (tertiary/aromatic N) is 3. The van der Waals surface area contributed by atoms with Gasteiger partial charge in [0.15, 0.2) is 0 Å². The summed E-state index contributed by atoms with van der Waals surface area (Å²) < 4.78 is 5.78. The lowest BCUT2D eigenvalue weighted by Gasteiger charge is -2.53. The Morgan fingerprint density at radius 3 is 2.00 bits per heavy atom. The average molecular weight is 537 g/mol. The summed E-state index contributed by atoms with van der Waals surface area (Å²) in [7, 11) is 0. The van der Waals surface area contributed by atoms with E-state index >= 15 is 0 Å². The summed E-state index contributed by atoms with van der Waals surface area (Å²) in [5.41, 5.74) is 1.68. The number of ether oxygens (including phenoxy) is 1. The van der Waals surface area contributed by atoms with Crippen LogP contribution < -0.4 is 5.32 Å². The minimum absolute atomic E-state index is 0.00745. The molecule has 3 amide bonds. The Labute approximate surface area is 230 Å². The first-order valence-electron chi connectivity index (χ1n) is 13.6. The lowest BCUT2D eigenvalue weighted by molar-refractivity contribution is -0.141. The fourth-order valence-electron chi connectivity index (χ4n) is 5.71. The molecule has 9 heteroatoms. The van der Waals surface area contributed by atoms with E-state index in [-0.39, 0.29) is 35.9 Å². The number of carbonyl (C=O) groups is 3. The van der Waals surface area contributed by atoms with E-state index in [4.69, 9.17) is 4.74 Å². The van der Waals surface area contributed by atoms with Crippen LogP contribution in [-0.2, 0) is 14.3 Å². The number of piperazine rings is 2. The van der Waals surface area contributed by atoms with Crippen molar-refractivity contribution in [3.63, 3.8) is 0 Å². The van der Waals surface area contributed by atoms with Gasteiger partial charge in [0.1, 0.15) is 11.6 Å². The highest BCUT2D eigenvalue weighted by Crippen LogP contribution is 2.36. The van der Waals surface area contributed by atoms with E-state index in [0.29, 0.717) is 32.7 Å². The molecule has 9 nitrogen and oxygen atoms in total. The number of aliphatic hydroxyl groups excluding tert-OH is 1. The van der Waals surface area contributed by atoms with Gasteiger partial charge in [0.2, 0.25) is 11.8 Å². The Hall–Kier alpha value is -3.43. The number of amides is 3. The van der Waals surface area contributed by atoms with Crippen LogP contribution in [0.1, 0.15) is 44.7 Å². The first-order chi connectivity index (χ1) is 18.6. The van der Waals surface area contributed by atoms with E-state index in [1.165, 1.54) is 6.92 Å². The van der Waals surface area contributed by atoms with Crippen LogP contribution in [0, 0.1) is 0 Å². The molecule has 0 spiro atoms. The molecule has 2 aromatic carbocycles. The first kappa shape index (κ1) is 28.6. The third kappa shape index (κ3) is 6.96. The highest BCUT2D eigenvalue weighted by atomic mass is 16.6. The van der Waals surface area contributed by atoms with Crippen molar-refractivity contribution in [3.05, 3.63) is 71.8 Å². The molecule has 0 radical (unpaired) electrons. The van der Waals surface area contributed by atoms with Crippen LogP contribution in [0.25, 0.3) is 0 Å². The summed E-state index contributed by atoms with van der Waals surface area (Å²) in [4.78, 5) is 44.0.